The zero-order valence-corrected chi connectivity index (χ0v) is 14.3. The van der Waals surface area contributed by atoms with Crippen LogP contribution in [-0.2, 0) is 18.9 Å². The average Bonchev–Trinajstić information content (AvgIpc) is 2.48. The molecule has 1 N–H and O–H groups in total. The molecule has 4 unspecified atom stereocenters. The monoisotopic (exact) mass is 306 g/mol. The zero-order valence-electron chi connectivity index (χ0n) is 14.3. The molecule has 0 aromatic heterocycles. The summed E-state index contributed by atoms with van der Waals surface area (Å²) in [5.41, 5.74) is 0. The van der Waals surface area contributed by atoms with Crippen molar-refractivity contribution in [3.63, 3.8) is 0 Å². The molecule has 0 saturated carbocycles. The highest BCUT2D eigenvalue weighted by atomic mass is 16.6. The summed E-state index contributed by atoms with van der Waals surface area (Å²) >= 11 is 0. The minimum Gasteiger partial charge on any atom is -0.394 e. The summed E-state index contributed by atoms with van der Waals surface area (Å²) in [5, 5.41) is 8.87. The fourth-order valence-electron chi connectivity index (χ4n) is 1.53. The van der Waals surface area contributed by atoms with E-state index in [-0.39, 0.29) is 31.0 Å². The van der Waals surface area contributed by atoms with Crippen LogP contribution in [0.1, 0.15) is 47.5 Å². The number of hydrogen-bond donors (Lipinski definition) is 1. The first kappa shape index (κ1) is 20.8. The van der Waals surface area contributed by atoms with Crippen molar-refractivity contribution in [2.75, 3.05) is 33.0 Å². The molecule has 0 radical (unpaired) electrons. The van der Waals surface area contributed by atoms with Crippen LogP contribution in [0, 0.1) is 0 Å². The Balaban J connectivity index is 3.58. The SMILES string of the molecule is CCCCOC(C)COC(C)COC(C)COC(C)CO. The summed E-state index contributed by atoms with van der Waals surface area (Å²) in [6.07, 6.45) is 2.22. The molecule has 0 bridgehead atoms. The van der Waals surface area contributed by atoms with Crippen molar-refractivity contribution in [3.05, 3.63) is 0 Å². The van der Waals surface area contributed by atoms with Crippen LogP contribution in [0.25, 0.3) is 0 Å². The molecule has 0 rings (SSSR count). The van der Waals surface area contributed by atoms with E-state index in [0.29, 0.717) is 19.8 Å². The van der Waals surface area contributed by atoms with Crippen molar-refractivity contribution in [2.45, 2.75) is 71.9 Å². The van der Waals surface area contributed by atoms with Crippen LogP contribution in [0.4, 0.5) is 0 Å². The minimum absolute atomic E-state index is 0.0109. The highest BCUT2D eigenvalue weighted by molar-refractivity contribution is 4.56. The highest BCUT2D eigenvalue weighted by Crippen LogP contribution is 2.02. The maximum absolute atomic E-state index is 8.87. The van der Waals surface area contributed by atoms with E-state index in [1.54, 1.807) is 0 Å². The van der Waals surface area contributed by atoms with Gasteiger partial charge in [0.05, 0.1) is 50.8 Å². The van der Waals surface area contributed by atoms with Gasteiger partial charge in [-0.2, -0.15) is 0 Å². The van der Waals surface area contributed by atoms with E-state index in [2.05, 4.69) is 6.92 Å². The molecule has 0 aromatic rings. The Bertz CT molecular complexity index is 225. The lowest BCUT2D eigenvalue weighted by Crippen LogP contribution is -2.28. The summed E-state index contributed by atoms with van der Waals surface area (Å²) in [5.74, 6) is 0. The maximum atomic E-state index is 8.87. The number of ether oxygens (including phenoxy) is 4. The van der Waals surface area contributed by atoms with Gasteiger partial charge in [-0.05, 0) is 34.1 Å². The lowest BCUT2D eigenvalue weighted by atomic mass is 10.3. The van der Waals surface area contributed by atoms with Crippen LogP contribution in [-0.4, -0.2) is 62.6 Å². The smallest absolute Gasteiger partial charge is 0.0781 e. The van der Waals surface area contributed by atoms with E-state index < -0.39 is 0 Å². The Morgan fingerprint density at radius 3 is 1.57 bits per heavy atom. The number of aliphatic hydroxyl groups excluding tert-OH is 1. The average molecular weight is 306 g/mol. The first-order valence-corrected chi connectivity index (χ1v) is 8.06. The Hall–Kier alpha value is -0.200. The van der Waals surface area contributed by atoms with Gasteiger partial charge in [0.25, 0.3) is 0 Å². The topological polar surface area (TPSA) is 57.2 Å². The van der Waals surface area contributed by atoms with Gasteiger partial charge in [0, 0.05) is 6.61 Å². The van der Waals surface area contributed by atoms with E-state index in [4.69, 9.17) is 24.1 Å². The molecular weight excluding hydrogens is 272 g/mol. The molecule has 0 aliphatic rings. The van der Waals surface area contributed by atoms with Gasteiger partial charge >= 0.3 is 0 Å². The van der Waals surface area contributed by atoms with E-state index in [1.807, 2.05) is 27.7 Å². The Kier molecular flexibility index (Phi) is 13.3. The van der Waals surface area contributed by atoms with E-state index >= 15 is 0 Å². The number of unbranched alkanes of at least 4 members (excludes halogenated alkanes) is 1. The summed E-state index contributed by atoms with van der Waals surface area (Å²) < 4.78 is 22.4. The fraction of sp³-hybridized carbons (Fsp3) is 1.00. The molecule has 0 amide bonds. The van der Waals surface area contributed by atoms with Crippen molar-refractivity contribution in [3.8, 4) is 0 Å². The molecule has 0 aliphatic carbocycles. The van der Waals surface area contributed by atoms with Crippen LogP contribution in [0.5, 0.6) is 0 Å². The van der Waals surface area contributed by atoms with Gasteiger partial charge in [-0.1, -0.05) is 13.3 Å². The van der Waals surface area contributed by atoms with E-state index in [0.717, 1.165) is 19.4 Å². The van der Waals surface area contributed by atoms with Crippen molar-refractivity contribution < 1.29 is 24.1 Å². The van der Waals surface area contributed by atoms with Gasteiger partial charge in [0.15, 0.2) is 0 Å². The lowest BCUT2D eigenvalue weighted by Gasteiger charge is -2.20. The molecule has 0 aromatic carbocycles. The molecular formula is C16H34O5. The zero-order chi connectivity index (χ0) is 16.1. The second-order valence-electron chi connectivity index (χ2n) is 5.65. The van der Waals surface area contributed by atoms with Crippen LogP contribution in [0.3, 0.4) is 0 Å². The van der Waals surface area contributed by atoms with Gasteiger partial charge in [-0.15, -0.1) is 0 Å². The largest absolute Gasteiger partial charge is 0.394 e. The van der Waals surface area contributed by atoms with Crippen LogP contribution >= 0.6 is 0 Å². The summed E-state index contributed by atoms with van der Waals surface area (Å²) in [6.45, 7) is 12.4. The van der Waals surface area contributed by atoms with Gasteiger partial charge in [-0.25, -0.2) is 0 Å². The molecule has 0 aliphatic heterocycles. The van der Waals surface area contributed by atoms with Crippen molar-refractivity contribution in [1.82, 2.24) is 0 Å². The number of aliphatic hydroxyl groups is 1. The molecule has 5 heteroatoms. The van der Waals surface area contributed by atoms with E-state index in [9.17, 15) is 0 Å². The summed E-state index contributed by atoms with van der Waals surface area (Å²) in [6, 6.07) is 0. The third kappa shape index (κ3) is 13.2. The van der Waals surface area contributed by atoms with Gasteiger partial charge in [0.1, 0.15) is 0 Å². The molecule has 4 atom stereocenters. The third-order valence-electron chi connectivity index (χ3n) is 3.00. The Morgan fingerprint density at radius 2 is 1.14 bits per heavy atom. The predicted octanol–water partition coefficient (Wildman–Crippen LogP) is 2.40. The molecule has 0 saturated heterocycles. The van der Waals surface area contributed by atoms with Crippen molar-refractivity contribution >= 4 is 0 Å². The van der Waals surface area contributed by atoms with Crippen LogP contribution < -0.4 is 0 Å². The Morgan fingerprint density at radius 1 is 0.714 bits per heavy atom. The van der Waals surface area contributed by atoms with Crippen LogP contribution in [0.15, 0.2) is 0 Å². The van der Waals surface area contributed by atoms with Gasteiger partial charge in [-0.3, -0.25) is 0 Å². The highest BCUT2D eigenvalue weighted by Gasteiger charge is 2.11. The normalized spacial score (nSPS) is 17.4. The molecule has 128 valence electrons. The standard InChI is InChI=1S/C16H34O5/c1-6-7-8-18-14(3)10-20-16(5)12-21-15(4)11-19-13(2)9-17/h13-17H,6-12H2,1-5H3. The Labute approximate surface area is 129 Å². The fourth-order valence-corrected chi connectivity index (χ4v) is 1.53. The first-order chi connectivity index (χ1) is 9.99. The third-order valence-corrected chi connectivity index (χ3v) is 3.00. The van der Waals surface area contributed by atoms with Crippen molar-refractivity contribution in [2.24, 2.45) is 0 Å². The predicted molar refractivity (Wildman–Crippen MR) is 83.6 cm³/mol. The first-order valence-electron chi connectivity index (χ1n) is 8.06. The van der Waals surface area contributed by atoms with Gasteiger partial charge < -0.3 is 24.1 Å². The molecule has 0 fully saturated rings. The van der Waals surface area contributed by atoms with Crippen LogP contribution in [0.2, 0.25) is 0 Å². The molecule has 0 spiro atoms. The van der Waals surface area contributed by atoms with E-state index in [1.165, 1.54) is 0 Å². The minimum atomic E-state index is -0.147. The molecule has 21 heavy (non-hydrogen) atoms. The quantitative estimate of drug-likeness (QED) is 0.499. The lowest BCUT2D eigenvalue weighted by molar-refractivity contribution is -0.0891. The maximum Gasteiger partial charge on any atom is 0.0781 e. The van der Waals surface area contributed by atoms with Crippen molar-refractivity contribution in [1.29, 1.82) is 0 Å². The molecule has 5 nitrogen and oxygen atoms in total. The molecule has 0 heterocycles. The second-order valence-corrected chi connectivity index (χ2v) is 5.65. The summed E-state index contributed by atoms with van der Waals surface area (Å²) in [7, 11) is 0. The summed E-state index contributed by atoms with van der Waals surface area (Å²) in [4.78, 5) is 0. The number of hydrogen-bond acceptors (Lipinski definition) is 5. The van der Waals surface area contributed by atoms with Gasteiger partial charge in [0.2, 0.25) is 0 Å². The number of rotatable bonds is 14. The second kappa shape index (κ2) is 13.5.